The third kappa shape index (κ3) is 3.44. The van der Waals surface area contributed by atoms with E-state index in [9.17, 15) is 0 Å². The van der Waals surface area contributed by atoms with Crippen LogP contribution in [0.15, 0.2) is 11.6 Å². The average molecular weight is 257 g/mol. The maximum Gasteiger partial charge on any atom is 0.0405 e. The standard InChI is InChI=1S/C13H23NS2/c1-14-13(12-10-15-8-9-16-12)11-6-4-2-3-5-7-11/h6,12-14H,2-5,7-10H2,1H3. The number of nitrogens with one attached hydrogen (secondary N) is 1. The lowest BCUT2D eigenvalue weighted by Gasteiger charge is -2.31. The topological polar surface area (TPSA) is 12.0 Å². The smallest absolute Gasteiger partial charge is 0.0405 e. The van der Waals surface area contributed by atoms with Crippen molar-refractivity contribution in [2.24, 2.45) is 0 Å². The Morgan fingerprint density at radius 3 is 3.00 bits per heavy atom. The minimum Gasteiger partial charge on any atom is -0.312 e. The summed E-state index contributed by atoms with van der Waals surface area (Å²) in [5, 5.41) is 4.37. The van der Waals surface area contributed by atoms with Crippen LogP contribution in [-0.2, 0) is 0 Å². The molecule has 0 saturated carbocycles. The Labute approximate surface area is 108 Å². The van der Waals surface area contributed by atoms with Crippen molar-refractivity contribution in [2.45, 2.75) is 43.4 Å². The van der Waals surface area contributed by atoms with Crippen molar-refractivity contribution in [2.75, 3.05) is 24.3 Å². The minimum atomic E-state index is 0.635. The van der Waals surface area contributed by atoms with E-state index in [1.807, 2.05) is 0 Å². The normalized spacial score (nSPS) is 29.3. The highest BCUT2D eigenvalue weighted by atomic mass is 32.2. The van der Waals surface area contributed by atoms with Gasteiger partial charge >= 0.3 is 0 Å². The Morgan fingerprint density at radius 1 is 1.31 bits per heavy atom. The van der Waals surface area contributed by atoms with Gasteiger partial charge in [0.25, 0.3) is 0 Å². The molecule has 92 valence electrons. The summed E-state index contributed by atoms with van der Waals surface area (Å²) >= 11 is 4.30. The van der Waals surface area contributed by atoms with Crippen molar-refractivity contribution in [1.29, 1.82) is 0 Å². The second-order valence-corrected chi connectivity index (χ2v) is 7.13. The molecule has 0 aromatic heterocycles. The first-order chi connectivity index (χ1) is 7.92. The molecule has 0 bridgehead atoms. The fraction of sp³-hybridized carbons (Fsp3) is 0.846. The van der Waals surface area contributed by atoms with Gasteiger partial charge in [0.15, 0.2) is 0 Å². The first-order valence-corrected chi connectivity index (χ1v) is 8.67. The third-order valence-electron chi connectivity index (χ3n) is 3.50. The molecular formula is C13H23NS2. The molecule has 0 aromatic carbocycles. The Balaban J connectivity index is 1.98. The summed E-state index contributed by atoms with van der Waals surface area (Å²) < 4.78 is 0. The van der Waals surface area contributed by atoms with E-state index in [0.29, 0.717) is 6.04 Å². The molecule has 1 nitrogen and oxygen atoms in total. The van der Waals surface area contributed by atoms with Crippen molar-refractivity contribution in [3.8, 4) is 0 Å². The number of hydrogen-bond donors (Lipinski definition) is 1. The van der Waals surface area contributed by atoms with Crippen molar-refractivity contribution in [3.05, 3.63) is 11.6 Å². The van der Waals surface area contributed by atoms with Crippen LogP contribution < -0.4 is 5.32 Å². The number of thioether (sulfide) groups is 2. The molecule has 3 heteroatoms. The summed E-state index contributed by atoms with van der Waals surface area (Å²) in [6.45, 7) is 0. The molecule has 0 aromatic rings. The Hall–Kier alpha value is 0.400. The van der Waals surface area contributed by atoms with Crippen LogP contribution in [0.5, 0.6) is 0 Å². The molecule has 0 spiro atoms. The van der Waals surface area contributed by atoms with Crippen LogP contribution in [0.1, 0.15) is 32.1 Å². The van der Waals surface area contributed by atoms with E-state index in [4.69, 9.17) is 0 Å². The maximum atomic E-state index is 3.57. The molecule has 0 amide bonds. The fourth-order valence-corrected chi connectivity index (χ4v) is 5.56. The van der Waals surface area contributed by atoms with Gasteiger partial charge < -0.3 is 5.32 Å². The molecule has 1 fully saturated rings. The van der Waals surface area contributed by atoms with E-state index < -0.39 is 0 Å². The van der Waals surface area contributed by atoms with Crippen molar-refractivity contribution >= 4 is 23.5 Å². The van der Waals surface area contributed by atoms with Gasteiger partial charge in [-0.15, -0.1) is 0 Å². The van der Waals surface area contributed by atoms with Crippen LogP contribution in [-0.4, -0.2) is 35.6 Å². The third-order valence-corrected chi connectivity index (χ3v) is 6.36. The molecule has 1 N–H and O–H groups in total. The van der Waals surface area contributed by atoms with Gasteiger partial charge in [0.2, 0.25) is 0 Å². The highest BCUT2D eigenvalue weighted by Crippen LogP contribution is 2.31. The van der Waals surface area contributed by atoms with Crippen LogP contribution in [0, 0.1) is 0 Å². The largest absolute Gasteiger partial charge is 0.312 e. The molecule has 0 radical (unpaired) electrons. The zero-order chi connectivity index (χ0) is 11.2. The maximum absolute atomic E-state index is 3.57. The summed E-state index contributed by atoms with van der Waals surface area (Å²) in [5.41, 5.74) is 1.69. The zero-order valence-corrected chi connectivity index (χ0v) is 11.8. The van der Waals surface area contributed by atoms with E-state index in [0.717, 1.165) is 5.25 Å². The predicted molar refractivity (Wildman–Crippen MR) is 77.6 cm³/mol. The SMILES string of the molecule is CNC(C1=CCCCCC1)C1CSCCS1. The summed E-state index contributed by atoms with van der Waals surface area (Å²) in [5.74, 6) is 4.00. The molecule has 1 heterocycles. The van der Waals surface area contributed by atoms with Crippen LogP contribution in [0.4, 0.5) is 0 Å². The molecule has 2 rings (SSSR count). The molecule has 1 aliphatic carbocycles. The van der Waals surface area contributed by atoms with E-state index >= 15 is 0 Å². The molecule has 1 aliphatic heterocycles. The Morgan fingerprint density at radius 2 is 2.25 bits per heavy atom. The fourth-order valence-electron chi connectivity index (χ4n) is 2.63. The van der Waals surface area contributed by atoms with Gasteiger partial charge in [0.05, 0.1) is 0 Å². The molecule has 2 atom stereocenters. The molecule has 1 saturated heterocycles. The lowest BCUT2D eigenvalue weighted by molar-refractivity contribution is 0.597. The number of likely N-dealkylation sites (N-methyl/N-ethyl adjacent to an activating group) is 1. The van der Waals surface area contributed by atoms with Gasteiger partial charge in [-0.1, -0.05) is 18.1 Å². The van der Waals surface area contributed by atoms with Gasteiger partial charge in [-0.25, -0.2) is 0 Å². The van der Waals surface area contributed by atoms with Crippen LogP contribution in [0.2, 0.25) is 0 Å². The second-order valence-electron chi connectivity index (χ2n) is 4.63. The molecule has 2 aliphatic rings. The zero-order valence-electron chi connectivity index (χ0n) is 10.2. The minimum absolute atomic E-state index is 0.635. The van der Waals surface area contributed by atoms with E-state index in [1.54, 1.807) is 5.57 Å². The van der Waals surface area contributed by atoms with E-state index in [1.165, 1.54) is 49.4 Å². The average Bonchev–Trinajstić information content (AvgIpc) is 2.61. The molecule has 16 heavy (non-hydrogen) atoms. The molecular weight excluding hydrogens is 234 g/mol. The Bertz CT molecular complexity index is 234. The summed E-state index contributed by atoms with van der Waals surface area (Å²) in [4.78, 5) is 0. The van der Waals surface area contributed by atoms with Crippen LogP contribution in [0.25, 0.3) is 0 Å². The summed E-state index contributed by atoms with van der Waals surface area (Å²) in [7, 11) is 2.14. The predicted octanol–water partition coefficient (Wildman–Crippen LogP) is 3.31. The summed E-state index contributed by atoms with van der Waals surface area (Å²) in [6.07, 6.45) is 9.36. The second kappa shape index (κ2) is 6.97. The number of hydrogen-bond acceptors (Lipinski definition) is 3. The number of rotatable bonds is 3. The van der Waals surface area contributed by atoms with Crippen LogP contribution >= 0.6 is 23.5 Å². The van der Waals surface area contributed by atoms with E-state index in [2.05, 4.69) is 42.0 Å². The molecule has 2 unspecified atom stereocenters. The lowest BCUT2D eigenvalue weighted by Crippen LogP contribution is -2.40. The quantitative estimate of drug-likeness (QED) is 0.779. The highest BCUT2D eigenvalue weighted by Gasteiger charge is 2.26. The van der Waals surface area contributed by atoms with Crippen molar-refractivity contribution in [1.82, 2.24) is 5.32 Å². The Kier molecular flexibility index (Phi) is 5.60. The first-order valence-electron chi connectivity index (χ1n) is 6.47. The van der Waals surface area contributed by atoms with Gasteiger partial charge in [0.1, 0.15) is 0 Å². The first kappa shape index (κ1) is 12.8. The highest BCUT2D eigenvalue weighted by molar-refractivity contribution is 8.06. The van der Waals surface area contributed by atoms with Crippen LogP contribution in [0.3, 0.4) is 0 Å². The van der Waals surface area contributed by atoms with Gasteiger partial charge in [0, 0.05) is 28.6 Å². The van der Waals surface area contributed by atoms with Crippen molar-refractivity contribution < 1.29 is 0 Å². The van der Waals surface area contributed by atoms with Crippen molar-refractivity contribution in [3.63, 3.8) is 0 Å². The summed E-state index contributed by atoms with van der Waals surface area (Å²) in [6, 6.07) is 0.635. The monoisotopic (exact) mass is 257 g/mol. The lowest BCUT2D eigenvalue weighted by atomic mass is 9.99. The number of allylic oxidation sites excluding steroid dienone is 1. The van der Waals surface area contributed by atoms with Gasteiger partial charge in [-0.05, 0) is 32.7 Å². The van der Waals surface area contributed by atoms with E-state index in [-0.39, 0.29) is 0 Å². The van der Waals surface area contributed by atoms with Gasteiger partial charge in [-0.3, -0.25) is 0 Å². The van der Waals surface area contributed by atoms with Gasteiger partial charge in [-0.2, -0.15) is 23.5 Å².